The van der Waals surface area contributed by atoms with E-state index in [1.54, 1.807) is 12.2 Å². The summed E-state index contributed by atoms with van der Waals surface area (Å²) in [6.45, 7) is 0. The predicted molar refractivity (Wildman–Crippen MR) is 40.9 cm³/mol. The van der Waals surface area contributed by atoms with Crippen LogP contribution in [0.15, 0.2) is 22.0 Å². The summed E-state index contributed by atoms with van der Waals surface area (Å²) >= 11 is 3.16. The molecule has 0 spiro atoms. The normalized spacial score (nSPS) is 23.3. The highest BCUT2D eigenvalue weighted by molar-refractivity contribution is 9.11. The van der Waals surface area contributed by atoms with Crippen LogP contribution < -0.4 is 14.0 Å². The van der Waals surface area contributed by atoms with Crippen LogP contribution in [0.3, 0.4) is 0 Å². The zero-order valence-corrected chi connectivity index (χ0v) is 8.76. The summed E-state index contributed by atoms with van der Waals surface area (Å²) in [5.41, 5.74) is 0. The van der Waals surface area contributed by atoms with Crippen molar-refractivity contribution in [1.29, 1.82) is 0 Å². The van der Waals surface area contributed by atoms with Gasteiger partial charge < -0.3 is 0 Å². The van der Waals surface area contributed by atoms with Gasteiger partial charge in [0.2, 0.25) is 0 Å². The third-order valence-corrected chi connectivity index (χ3v) is 3.41. The summed E-state index contributed by atoms with van der Waals surface area (Å²) in [5, 5.41) is 2.96. The highest BCUT2D eigenvalue weighted by Crippen LogP contribution is 2.25. The maximum absolute atomic E-state index is 10.1. The molecule has 12 heavy (non-hydrogen) atoms. The summed E-state index contributed by atoms with van der Waals surface area (Å²) in [5.74, 6) is 0. The zero-order chi connectivity index (χ0) is 9.19. The third-order valence-electron chi connectivity index (χ3n) is 0.873. The third kappa shape index (κ3) is 3.81. The molecule has 0 aromatic heterocycles. The number of halogens is 2. The summed E-state index contributed by atoms with van der Waals surface area (Å²) in [4.78, 5) is 0. The smallest absolute Gasteiger partial charge is 0.140 e. The average molecular weight is 276 g/mol. The Morgan fingerprint density at radius 1 is 1.42 bits per heavy atom. The van der Waals surface area contributed by atoms with Crippen LogP contribution in [0.25, 0.3) is 0 Å². The summed E-state index contributed by atoms with van der Waals surface area (Å²) in [6.07, 6.45) is 3.23. The van der Waals surface area contributed by atoms with Gasteiger partial charge in [0.1, 0.15) is 14.5 Å². The molecule has 0 saturated carbocycles. The zero-order valence-electron chi connectivity index (χ0n) is 5.61. The fraction of sp³-hybridized carbons (Fsp3) is 0. The Balaban J connectivity index is 2.64. The van der Waals surface area contributed by atoms with Gasteiger partial charge in [-0.3, -0.25) is 0 Å². The van der Waals surface area contributed by atoms with Crippen molar-refractivity contribution in [2.24, 2.45) is 0 Å². The molecule has 0 bridgehead atoms. The van der Waals surface area contributed by atoms with E-state index < -0.39 is 21.0 Å². The van der Waals surface area contributed by atoms with Gasteiger partial charge in [-0.15, -0.1) is 0 Å². The van der Waals surface area contributed by atoms with Crippen molar-refractivity contribution in [3.63, 3.8) is 0 Å². The quantitative estimate of drug-likeness (QED) is 0.586. The van der Waals surface area contributed by atoms with Crippen molar-refractivity contribution in [1.82, 2.24) is 0 Å². The Kier molecular flexibility index (Phi) is 3.47. The van der Waals surface area contributed by atoms with E-state index in [1.807, 2.05) is 0 Å². The van der Waals surface area contributed by atoms with E-state index in [9.17, 15) is 14.0 Å². The molecule has 1 rings (SSSR count). The van der Waals surface area contributed by atoms with Gasteiger partial charge in [0.25, 0.3) is 0 Å². The molecule has 1 aliphatic heterocycles. The van der Waals surface area contributed by atoms with E-state index >= 15 is 0 Å². The lowest BCUT2D eigenvalue weighted by Gasteiger charge is -2.12. The monoisotopic (exact) mass is 274 g/mol. The summed E-state index contributed by atoms with van der Waals surface area (Å²) in [7, 11) is -5.40. The van der Waals surface area contributed by atoms with Crippen LogP contribution in [-0.4, -0.2) is 5.37 Å². The maximum Gasteiger partial charge on any atom is 0.140 e. The lowest BCUT2D eigenvalue weighted by molar-refractivity contribution is -1.91. The van der Waals surface area contributed by atoms with Crippen LogP contribution >= 0.6 is 26.7 Å². The highest BCUT2D eigenvalue weighted by atomic mass is 79.9. The molecule has 0 N–H and O–H groups in total. The molecule has 1 atom stereocenters. The van der Waals surface area contributed by atoms with Crippen LogP contribution in [0.4, 0.5) is 0 Å². The molecule has 0 aromatic rings. The summed E-state index contributed by atoms with van der Waals surface area (Å²) in [6, 6.07) is 0. The van der Waals surface area contributed by atoms with Gasteiger partial charge in [-0.05, 0) is 12.2 Å². The van der Waals surface area contributed by atoms with Crippen molar-refractivity contribution in [2.45, 2.75) is 0 Å². The minimum atomic E-state index is -4.34. The number of hydrogen-bond donors (Lipinski definition) is 0. The van der Waals surface area contributed by atoms with E-state index in [-0.39, 0.29) is 0 Å². The van der Waals surface area contributed by atoms with Gasteiger partial charge in [-0.25, -0.2) is 0 Å². The van der Waals surface area contributed by atoms with Crippen molar-refractivity contribution >= 4 is 32.1 Å². The lowest BCUT2D eigenvalue weighted by Crippen LogP contribution is -2.60. The SMILES string of the molecule is [O-][Cl+3]([O-])([O-])OS1=CC=C(Br)C=C1. The van der Waals surface area contributed by atoms with Crippen molar-refractivity contribution in [3.05, 3.63) is 22.0 Å². The Morgan fingerprint density at radius 2 is 2.08 bits per heavy atom. The summed E-state index contributed by atoms with van der Waals surface area (Å²) < 4.78 is 35.2. The first kappa shape index (κ1) is 10.4. The molecule has 0 amide bonds. The molecule has 4 nitrogen and oxygen atoms in total. The van der Waals surface area contributed by atoms with Crippen LogP contribution in [-0.2, 0) is 3.74 Å². The van der Waals surface area contributed by atoms with Crippen molar-refractivity contribution < 1.29 is 28.0 Å². The molecule has 0 saturated heterocycles. The van der Waals surface area contributed by atoms with E-state index in [1.165, 1.54) is 10.8 Å². The Hall–Kier alpha value is 0.310. The molecule has 1 heterocycles. The van der Waals surface area contributed by atoms with Crippen molar-refractivity contribution in [3.8, 4) is 0 Å². The second-order valence-corrected chi connectivity index (χ2v) is 5.14. The number of rotatable bonds is 2. The molecule has 0 fully saturated rings. The van der Waals surface area contributed by atoms with Gasteiger partial charge >= 0.3 is 0 Å². The van der Waals surface area contributed by atoms with Crippen LogP contribution in [0.2, 0.25) is 0 Å². The molecule has 0 radical (unpaired) electrons. The second kappa shape index (κ2) is 4.01. The average Bonchev–Trinajstić information content (AvgIpc) is 1.91. The Bertz CT molecular complexity index is 267. The van der Waals surface area contributed by atoms with E-state index in [2.05, 4.69) is 19.7 Å². The maximum atomic E-state index is 10.1. The van der Waals surface area contributed by atoms with E-state index in [0.29, 0.717) is 0 Å². The first-order valence-electron chi connectivity index (χ1n) is 2.69. The van der Waals surface area contributed by atoms with E-state index in [0.717, 1.165) is 4.48 Å². The topological polar surface area (TPSA) is 78.4 Å². The minimum absolute atomic E-state index is 0.801. The molecular formula is C5H4BrClO4S. The molecule has 1 unspecified atom stereocenters. The largest absolute Gasteiger partial charge is 0.182 e. The highest BCUT2D eigenvalue weighted by Gasteiger charge is 2.20. The molecular weight excluding hydrogens is 271 g/mol. The standard InChI is InChI=1S/C5H4BrClO4S/c6-5-1-3-12(4-2-5)11-7(8,9)10/h1-4H. The van der Waals surface area contributed by atoms with Crippen LogP contribution in [0.1, 0.15) is 0 Å². The second-order valence-electron chi connectivity index (χ2n) is 1.76. The Labute approximate surface area is 82.1 Å². The molecule has 0 aromatic carbocycles. The number of hydrogen-bond acceptors (Lipinski definition) is 4. The van der Waals surface area contributed by atoms with Crippen LogP contribution in [0.5, 0.6) is 0 Å². The van der Waals surface area contributed by atoms with Gasteiger partial charge in [0, 0.05) is 15.3 Å². The molecule has 7 heteroatoms. The predicted octanol–water partition coefficient (Wildman–Crippen LogP) is -1.31. The first-order chi connectivity index (χ1) is 5.47. The van der Waals surface area contributed by atoms with E-state index in [4.69, 9.17) is 0 Å². The number of allylic oxidation sites excluding steroid dienone is 3. The Morgan fingerprint density at radius 3 is 2.50 bits per heavy atom. The van der Waals surface area contributed by atoms with Crippen molar-refractivity contribution in [2.75, 3.05) is 0 Å². The fourth-order valence-corrected chi connectivity index (χ4v) is 2.81. The molecule has 68 valence electrons. The van der Waals surface area contributed by atoms with Gasteiger partial charge in [0.15, 0.2) is 0 Å². The fourth-order valence-electron chi connectivity index (χ4n) is 0.496. The lowest BCUT2D eigenvalue weighted by atomic mass is 10.5. The van der Waals surface area contributed by atoms with Crippen LogP contribution in [0, 0.1) is 10.2 Å². The first-order valence-corrected chi connectivity index (χ1v) is 5.99. The van der Waals surface area contributed by atoms with Gasteiger partial charge in [-0.1, -0.05) is 15.9 Å². The van der Waals surface area contributed by atoms with Gasteiger partial charge in [-0.2, -0.15) is 14.0 Å². The minimum Gasteiger partial charge on any atom is -0.182 e. The molecule has 0 aliphatic carbocycles. The van der Waals surface area contributed by atoms with Gasteiger partial charge in [0.05, 0.1) is 10.2 Å². The molecule has 1 aliphatic rings.